The first kappa shape index (κ1) is 22.4. The predicted molar refractivity (Wildman–Crippen MR) is 128 cm³/mol. The number of imidazole rings is 1. The molecule has 0 radical (unpaired) electrons. The van der Waals surface area contributed by atoms with Gasteiger partial charge >= 0.3 is 5.97 Å². The topological polar surface area (TPSA) is 87.0 Å². The van der Waals surface area contributed by atoms with Gasteiger partial charge in [0.15, 0.2) is 23.0 Å². The SMILES string of the molecule is COc1ccc(-c2cnc3c(NC(C)C(=O)OCC(C)C)nc4ccccc4n23)cc1OC. The Kier molecular flexibility index (Phi) is 6.35. The Hall–Kier alpha value is -3.81. The molecule has 0 aliphatic heterocycles. The summed E-state index contributed by atoms with van der Waals surface area (Å²) in [5.74, 6) is 1.72. The molecule has 1 N–H and O–H groups in total. The van der Waals surface area contributed by atoms with Gasteiger partial charge < -0.3 is 19.5 Å². The number of anilines is 1. The van der Waals surface area contributed by atoms with E-state index in [1.54, 1.807) is 27.3 Å². The van der Waals surface area contributed by atoms with Crippen molar-refractivity contribution in [3.05, 3.63) is 48.7 Å². The Balaban J connectivity index is 1.81. The first-order chi connectivity index (χ1) is 15.9. The van der Waals surface area contributed by atoms with Crippen LogP contribution in [0, 0.1) is 5.92 Å². The number of benzene rings is 2. The average Bonchev–Trinajstić information content (AvgIpc) is 3.28. The molecule has 2 aromatic carbocycles. The number of fused-ring (bicyclic) bond motifs is 3. The lowest BCUT2D eigenvalue weighted by atomic mass is 10.1. The van der Waals surface area contributed by atoms with E-state index in [4.69, 9.17) is 19.2 Å². The minimum atomic E-state index is -0.581. The molecule has 172 valence electrons. The number of ether oxygens (including phenoxy) is 3. The third kappa shape index (κ3) is 4.41. The number of para-hydroxylation sites is 2. The van der Waals surface area contributed by atoms with Crippen molar-refractivity contribution < 1.29 is 19.0 Å². The molecule has 0 saturated heterocycles. The fourth-order valence-electron chi connectivity index (χ4n) is 3.61. The van der Waals surface area contributed by atoms with Crippen molar-refractivity contribution in [1.82, 2.24) is 14.4 Å². The number of hydrogen-bond donors (Lipinski definition) is 1. The van der Waals surface area contributed by atoms with Gasteiger partial charge in [-0.25, -0.2) is 14.8 Å². The van der Waals surface area contributed by atoms with Crippen molar-refractivity contribution >= 4 is 28.5 Å². The van der Waals surface area contributed by atoms with Gasteiger partial charge in [0.1, 0.15) is 6.04 Å². The zero-order valence-corrected chi connectivity index (χ0v) is 19.5. The van der Waals surface area contributed by atoms with Crippen molar-refractivity contribution in [2.24, 2.45) is 5.92 Å². The minimum absolute atomic E-state index is 0.267. The summed E-state index contributed by atoms with van der Waals surface area (Å²) < 4.78 is 18.3. The number of methoxy groups -OCH3 is 2. The van der Waals surface area contributed by atoms with Gasteiger partial charge in [0.05, 0.1) is 43.8 Å². The van der Waals surface area contributed by atoms with E-state index in [0.717, 1.165) is 22.3 Å². The van der Waals surface area contributed by atoms with Crippen LogP contribution < -0.4 is 14.8 Å². The van der Waals surface area contributed by atoms with E-state index < -0.39 is 6.04 Å². The Morgan fingerprint density at radius 1 is 1.06 bits per heavy atom. The molecule has 33 heavy (non-hydrogen) atoms. The summed E-state index contributed by atoms with van der Waals surface area (Å²) in [4.78, 5) is 21.8. The van der Waals surface area contributed by atoms with Gasteiger partial charge in [0, 0.05) is 5.56 Å². The van der Waals surface area contributed by atoms with E-state index in [9.17, 15) is 4.79 Å². The van der Waals surface area contributed by atoms with Crippen molar-refractivity contribution in [3.8, 4) is 22.8 Å². The standard InChI is InChI=1S/C25H28N4O4/c1-15(2)14-33-25(30)16(3)27-23-24-26-13-20(17-10-11-21(31-4)22(12-17)32-5)29(24)19-9-7-6-8-18(19)28-23/h6-13,15-16H,14H2,1-5H3,(H,27,28). The van der Waals surface area contributed by atoms with Gasteiger partial charge in [0.25, 0.3) is 0 Å². The van der Waals surface area contributed by atoms with Gasteiger partial charge in [0.2, 0.25) is 0 Å². The first-order valence-electron chi connectivity index (χ1n) is 10.8. The van der Waals surface area contributed by atoms with Crippen LogP contribution in [0.25, 0.3) is 27.9 Å². The molecule has 8 heteroatoms. The van der Waals surface area contributed by atoms with Gasteiger partial charge in [-0.2, -0.15) is 0 Å². The summed E-state index contributed by atoms with van der Waals surface area (Å²) in [5.41, 5.74) is 4.06. The molecule has 4 aromatic rings. The molecule has 1 atom stereocenters. The van der Waals surface area contributed by atoms with Crippen LogP contribution in [0.5, 0.6) is 11.5 Å². The number of esters is 1. The molecule has 2 heterocycles. The molecule has 8 nitrogen and oxygen atoms in total. The summed E-state index contributed by atoms with van der Waals surface area (Å²) in [5, 5.41) is 3.19. The normalized spacial score (nSPS) is 12.2. The van der Waals surface area contributed by atoms with Crippen molar-refractivity contribution in [2.45, 2.75) is 26.8 Å². The Morgan fingerprint density at radius 2 is 1.82 bits per heavy atom. The quantitative estimate of drug-likeness (QED) is 0.395. The number of nitrogens with zero attached hydrogens (tertiary/aromatic N) is 3. The zero-order valence-electron chi connectivity index (χ0n) is 19.5. The summed E-state index contributed by atoms with van der Waals surface area (Å²) in [7, 11) is 3.22. The largest absolute Gasteiger partial charge is 0.493 e. The fraction of sp³-hybridized carbons (Fsp3) is 0.320. The minimum Gasteiger partial charge on any atom is -0.493 e. The third-order valence-corrected chi connectivity index (χ3v) is 5.27. The average molecular weight is 449 g/mol. The molecular formula is C25H28N4O4. The van der Waals surface area contributed by atoms with Gasteiger partial charge in [-0.3, -0.25) is 4.40 Å². The lowest BCUT2D eigenvalue weighted by Crippen LogP contribution is -2.30. The lowest BCUT2D eigenvalue weighted by molar-refractivity contribution is -0.145. The highest BCUT2D eigenvalue weighted by Gasteiger charge is 2.20. The van der Waals surface area contributed by atoms with Gasteiger partial charge in [-0.05, 0) is 43.2 Å². The van der Waals surface area contributed by atoms with Gasteiger partial charge in [-0.15, -0.1) is 0 Å². The molecule has 0 spiro atoms. The molecular weight excluding hydrogens is 420 g/mol. The summed E-state index contributed by atoms with van der Waals surface area (Å²) in [6.45, 7) is 6.13. The van der Waals surface area contributed by atoms with E-state index >= 15 is 0 Å². The molecule has 0 aliphatic rings. The van der Waals surface area contributed by atoms with E-state index in [2.05, 4.69) is 10.3 Å². The van der Waals surface area contributed by atoms with Gasteiger partial charge in [-0.1, -0.05) is 26.0 Å². The monoisotopic (exact) mass is 448 g/mol. The maximum absolute atomic E-state index is 12.4. The van der Waals surface area contributed by atoms with Crippen LogP contribution in [0.15, 0.2) is 48.7 Å². The number of aromatic nitrogens is 3. The van der Waals surface area contributed by atoms with Crippen LogP contribution >= 0.6 is 0 Å². The second-order valence-corrected chi connectivity index (χ2v) is 8.21. The maximum Gasteiger partial charge on any atom is 0.328 e. The third-order valence-electron chi connectivity index (χ3n) is 5.27. The second kappa shape index (κ2) is 9.36. The number of carbonyl (C=O) groups is 1. The highest BCUT2D eigenvalue weighted by Crippen LogP contribution is 2.34. The molecule has 2 aromatic heterocycles. The summed E-state index contributed by atoms with van der Waals surface area (Å²) >= 11 is 0. The van der Waals surface area contributed by atoms with Crippen molar-refractivity contribution in [3.63, 3.8) is 0 Å². The molecule has 1 unspecified atom stereocenters. The number of hydrogen-bond acceptors (Lipinski definition) is 7. The van der Waals surface area contributed by atoms with Crippen LogP contribution in [-0.2, 0) is 9.53 Å². The van der Waals surface area contributed by atoms with E-state index in [-0.39, 0.29) is 11.9 Å². The fourth-order valence-corrected chi connectivity index (χ4v) is 3.61. The van der Waals surface area contributed by atoms with Crippen LogP contribution in [0.2, 0.25) is 0 Å². The van der Waals surface area contributed by atoms with E-state index in [1.165, 1.54) is 0 Å². The highest BCUT2D eigenvalue weighted by atomic mass is 16.5. The maximum atomic E-state index is 12.4. The summed E-state index contributed by atoms with van der Waals surface area (Å²) in [6.07, 6.45) is 1.79. The smallest absolute Gasteiger partial charge is 0.328 e. The Labute approximate surface area is 192 Å². The highest BCUT2D eigenvalue weighted by molar-refractivity contribution is 5.88. The molecule has 0 bridgehead atoms. The summed E-state index contributed by atoms with van der Waals surface area (Å²) in [6, 6.07) is 13.0. The molecule has 0 fully saturated rings. The Bertz CT molecular complexity index is 1300. The number of carbonyl (C=O) groups excluding carboxylic acids is 1. The van der Waals surface area contributed by atoms with Crippen LogP contribution in [0.4, 0.5) is 5.82 Å². The Morgan fingerprint density at radius 3 is 2.55 bits per heavy atom. The zero-order chi connectivity index (χ0) is 23.5. The van der Waals surface area contributed by atoms with Crippen molar-refractivity contribution in [2.75, 3.05) is 26.1 Å². The molecule has 0 amide bonds. The lowest BCUT2D eigenvalue weighted by Gasteiger charge is -2.16. The van der Waals surface area contributed by atoms with Crippen LogP contribution in [0.1, 0.15) is 20.8 Å². The van der Waals surface area contributed by atoms with E-state index in [0.29, 0.717) is 29.6 Å². The van der Waals surface area contributed by atoms with E-state index in [1.807, 2.05) is 60.7 Å². The number of nitrogens with one attached hydrogen (secondary N) is 1. The van der Waals surface area contributed by atoms with Crippen molar-refractivity contribution in [1.29, 1.82) is 0 Å². The predicted octanol–water partition coefficient (Wildman–Crippen LogP) is 4.57. The first-order valence-corrected chi connectivity index (χ1v) is 10.8. The second-order valence-electron chi connectivity index (χ2n) is 8.21. The molecule has 0 aliphatic carbocycles. The molecule has 4 rings (SSSR count). The number of rotatable bonds is 8. The van der Waals surface area contributed by atoms with Crippen LogP contribution in [0.3, 0.4) is 0 Å². The van der Waals surface area contributed by atoms with Crippen LogP contribution in [-0.4, -0.2) is 47.2 Å². The molecule has 0 saturated carbocycles.